The maximum atomic E-state index is 12.7. The van der Waals surface area contributed by atoms with Crippen molar-refractivity contribution in [2.75, 3.05) is 38.6 Å². The first-order valence-corrected chi connectivity index (χ1v) is 9.22. The molecule has 0 aliphatic rings. The van der Waals surface area contributed by atoms with Crippen LogP contribution in [0.25, 0.3) is 0 Å². The van der Waals surface area contributed by atoms with Crippen molar-refractivity contribution in [3.05, 3.63) is 47.8 Å². The van der Waals surface area contributed by atoms with Crippen LogP contribution in [-0.4, -0.2) is 49.2 Å². The Hall–Kier alpha value is -2.31. The molecule has 0 amide bonds. The molecule has 0 atom stereocenters. The summed E-state index contributed by atoms with van der Waals surface area (Å²) in [6.45, 7) is 3.95. The van der Waals surface area contributed by atoms with E-state index in [2.05, 4.69) is 30.9 Å². The number of nitrogens with one attached hydrogen (secondary N) is 3. The zero-order valence-corrected chi connectivity index (χ0v) is 19.1. The van der Waals surface area contributed by atoms with Crippen LogP contribution < -0.4 is 20.7 Å². The summed E-state index contributed by atoms with van der Waals surface area (Å²) in [5.41, 5.74) is 0.0900. The van der Waals surface area contributed by atoms with Crippen molar-refractivity contribution in [3.8, 4) is 5.75 Å². The Morgan fingerprint density at radius 3 is 2.60 bits per heavy atom. The van der Waals surface area contributed by atoms with Crippen molar-refractivity contribution in [3.63, 3.8) is 0 Å². The average molecular weight is 538 g/mol. The number of anilines is 1. The molecule has 166 valence electrons. The summed E-state index contributed by atoms with van der Waals surface area (Å²) < 4.78 is 43.4. The number of para-hydroxylation sites is 1. The SMILES string of the molecule is CCNC(=NCCc1ccccc1OC)NCCNc1nccc(C(F)(F)F)n1.I. The van der Waals surface area contributed by atoms with Crippen LogP contribution >= 0.6 is 24.0 Å². The van der Waals surface area contributed by atoms with Gasteiger partial charge in [0.05, 0.1) is 7.11 Å². The molecule has 0 saturated heterocycles. The van der Waals surface area contributed by atoms with Gasteiger partial charge in [-0.15, -0.1) is 24.0 Å². The first kappa shape index (κ1) is 25.7. The lowest BCUT2D eigenvalue weighted by Crippen LogP contribution is -2.39. The lowest BCUT2D eigenvalue weighted by atomic mass is 10.1. The fourth-order valence-electron chi connectivity index (χ4n) is 2.50. The Balaban J connectivity index is 0.00000450. The molecule has 1 heterocycles. The van der Waals surface area contributed by atoms with E-state index in [4.69, 9.17) is 4.74 Å². The number of ether oxygens (including phenoxy) is 1. The van der Waals surface area contributed by atoms with E-state index in [-0.39, 0.29) is 29.9 Å². The average Bonchev–Trinajstić information content (AvgIpc) is 2.71. The lowest BCUT2D eigenvalue weighted by molar-refractivity contribution is -0.141. The molecular formula is C19H26F3IN6O. The quantitative estimate of drug-likeness (QED) is 0.197. The Labute approximate surface area is 191 Å². The molecule has 1 aromatic heterocycles. The van der Waals surface area contributed by atoms with Gasteiger partial charge in [-0.3, -0.25) is 4.99 Å². The second-order valence-electron chi connectivity index (χ2n) is 5.94. The number of rotatable bonds is 9. The number of methoxy groups -OCH3 is 1. The predicted molar refractivity (Wildman–Crippen MR) is 122 cm³/mol. The molecule has 30 heavy (non-hydrogen) atoms. The van der Waals surface area contributed by atoms with Crippen LogP contribution in [0.5, 0.6) is 5.75 Å². The molecule has 0 aliphatic heterocycles. The van der Waals surface area contributed by atoms with Gasteiger partial charge in [0, 0.05) is 32.4 Å². The highest BCUT2D eigenvalue weighted by Crippen LogP contribution is 2.27. The monoisotopic (exact) mass is 538 g/mol. The Bertz CT molecular complexity index is 804. The second kappa shape index (κ2) is 13.1. The van der Waals surface area contributed by atoms with Crippen molar-refractivity contribution < 1.29 is 17.9 Å². The second-order valence-corrected chi connectivity index (χ2v) is 5.94. The number of guanidine groups is 1. The number of benzene rings is 1. The summed E-state index contributed by atoms with van der Waals surface area (Å²) >= 11 is 0. The summed E-state index contributed by atoms with van der Waals surface area (Å²) in [5.74, 6) is 1.37. The van der Waals surface area contributed by atoms with Gasteiger partial charge in [0.2, 0.25) is 5.95 Å². The van der Waals surface area contributed by atoms with Crippen LogP contribution in [0.1, 0.15) is 18.2 Å². The van der Waals surface area contributed by atoms with Gasteiger partial charge >= 0.3 is 6.18 Å². The molecule has 0 saturated carbocycles. The number of hydrogen-bond donors (Lipinski definition) is 3. The summed E-state index contributed by atoms with van der Waals surface area (Å²) in [4.78, 5) is 11.8. The first-order chi connectivity index (χ1) is 13.9. The van der Waals surface area contributed by atoms with Gasteiger partial charge in [-0.05, 0) is 31.0 Å². The van der Waals surface area contributed by atoms with E-state index in [0.717, 1.165) is 30.0 Å². The van der Waals surface area contributed by atoms with E-state index in [1.165, 1.54) is 0 Å². The zero-order valence-electron chi connectivity index (χ0n) is 16.8. The van der Waals surface area contributed by atoms with Crippen LogP contribution in [0, 0.1) is 0 Å². The smallest absolute Gasteiger partial charge is 0.433 e. The summed E-state index contributed by atoms with van der Waals surface area (Å²) in [7, 11) is 1.63. The standard InChI is InChI=1S/C19H25F3N6O.HI/c1-3-23-17(24-10-8-14-6-4-5-7-15(14)29-2)26-12-13-27-18-25-11-9-16(28-18)19(20,21)22;/h4-7,9,11H,3,8,10,12-13H2,1-2H3,(H2,23,24,26)(H,25,27,28);1H. The minimum atomic E-state index is -4.50. The summed E-state index contributed by atoms with van der Waals surface area (Å²) in [6.07, 6.45) is -2.70. The minimum absolute atomic E-state index is 0. The van der Waals surface area contributed by atoms with E-state index in [9.17, 15) is 13.2 Å². The van der Waals surface area contributed by atoms with Gasteiger partial charge in [-0.25, -0.2) is 9.97 Å². The van der Waals surface area contributed by atoms with Crippen molar-refractivity contribution in [1.82, 2.24) is 20.6 Å². The molecule has 3 N–H and O–H groups in total. The number of aliphatic imine (C=N–C) groups is 1. The van der Waals surface area contributed by atoms with Crippen LogP contribution in [0.3, 0.4) is 0 Å². The number of alkyl halides is 3. The Morgan fingerprint density at radius 1 is 1.13 bits per heavy atom. The summed E-state index contributed by atoms with van der Waals surface area (Å²) in [6, 6.07) is 8.60. The third kappa shape index (κ3) is 8.59. The minimum Gasteiger partial charge on any atom is -0.496 e. The van der Waals surface area contributed by atoms with Gasteiger partial charge in [0.1, 0.15) is 11.4 Å². The van der Waals surface area contributed by atoms with Crippen LogP contribution in [0.2, 0.25) is 0 Å². The van der Waals surface area contributed by atoms with Crippen molar-refractivity contribution in [2.45, 2.75) is 19.5 Å². The van der Waals surface area contributed by atoms with Crippen LogP contribution in [0.4, 0.5) is 19.1 Å². The van der Waals surface area contributed by atoms with Gasteiger partial charge < -0.3 is 20.7 Å². The zero-order chi connectivity index (χ0) is 21.1. The van der Waals surface area contributed by atoms with Crippen LogP contribution in [0.15, 0.2) is 41.5 Å². The molecule has 0 bridgehead atoms. The molecule has 2 rings (SSSR count). The van der Waals surface area contributed by atoms with E-state index >= 15 is 0 Å². The normalized spacial score (nSPS) is 11.4. The van der Waals surface area contributed by atoms with Gasteiger partial charge in [-0.2, -0.15) is 13.2 Å². The number of nitrogens with zero attached hydrogens (tertiary/aromatic N) is 3. The van der Waals surface area contributed by atoms with E-state index in [0.29, 0.717) is 32.1 Å². The number of aromatic nitrogens is 2. The fraction of sp³-hybridized carbons (Fsp3) is 0.421. The van der Waals surface area contributed by atoms with E-state index in [1.807, 2.05) is 31.2 Å². The molecule has 2 aromatic rings. The van der Waals surface area contributed by atoms with E-state index in [1.54, 1.807) is 7.11 Å². The highest BCUT2D eigenvalue weighted by molar-refractivity contribution is 14.0. The third-order valence-electron chi connectivity index (χ3n) is 3.83. The molecule has 11 heteroatoms. The lowest BCUT2D eigenvalue weighted by Gasteiger charge is -2.13. The Morgan fingerprint density at radius 2 is 1.90 bits per heavy atom. The molecule has 7 nitrogen and oxygen atoms in total. The molecule has 0 aliphatic carbocycles. The van der Waals surface area contributed by atoms with Crippen LogP contribution in [-0.2, 0) is 12.6 Å². The fourth-order valence-corrected chi connectivity index (χ4v) is 2.50. The maximum Gasteiger partial charge on any atom is 0.433 e. The largest absolute Gasteiger partial charge is 0.496 e. The number of halogens is 4. The topological polar surface area (TPSA) is 83.5 Å². The first-order valence-electron chi connectivity index (χ1n) is 9.22. The molecule has 1 aromatic carbocycles. The van der Waals surface area contributed by atoms with Gasteiger partial charge in [0.15, 0.2) is 5.96 Å². The van der Waals surface area contributed by atoms with Crippen molar-refractivity contribution in [2.24, 2.45) is 4.99 Å². The van der Waals surface area contributed by atoms with Crippen molar-refractivity contribution in [1.29, 1.82) is 0 Å². The molecule has 0 unspecified atom stereocenters. The molecular weight excluding hydrogens is 512 g/mol. The third-order valence-corrected chi connectivity index (χ3v) is 3.83. The van der Waals surface area contributed by atoms with Crippen molar-refractivity contribution >= 4 is 35.9 Å². The number of hydrogen-bond acceptors (Lipinski definition) is 5. The van der Waals surface area contributed by atoms with E-state index < -0.39 is 11.9 Å². The highest BCUT2D eigenvalue weighted by Gasteiger charge is 2.32. The molecule has 0 radical (unpaired) electrons. The molecule has 0 fully saturated rings. The summed E-state index contributed by atoms with van der Waals surface area (Å²) in [5, 5.41) is 9.01. The van der Waals surface area contributed by atoms with Gasteiger partial charge in [0.25, 0.3) is 0 Å². The maximum absolute atomic E-state index is 12.7. The van der Waals surface area contributed by atoms with Gasteiger partial charge in [-0.1, -0.05) is 18.2 Å². The highest BCUT2D eigenvalue weighted by atomic mass is 127. The Kier molecular flexibility index (Phi) is 11.2. The predicted octanol–water partition coefficient (Wildman–Crippen LogP) is 3.33. The molecule has 0 spiro atoms.